The standard InChI is InChI=1S/C20H22ClN3O2/c21-18-8-6-16(7-9-18)20-17(14-22-10-12-26-13-11-25)15-24(23-20)19-4-2-1-3-5-19/h1-9,15,22,25H,10-14H2. The van der Waals surface area contributed by atoms with Crippen LogP contribution in [0.25, 0.3) is 16.9 Å². The quantitative estimate of drug-likeness (QED) is 0.567. The molecule has 1 heterocycles. The molecule has 2 aromatic carbocycles. The number of nitrogens with zero attached hydrogens (tertiary/aromatic N) is 2. The smallest absolute Gasteiger partial charge is 0.0972 e. The van der Waals surface area contributed by atoms with E-state index in [0.29, 0.717) is 31.3 Å². The molecule has 0 aliphatic rings. The highest BCUT2D eigenvalue weighted by Gasteiger charge is 2.12. The van der Waals surface area contributed by atoms with Gasteiger partial charge in [-0.15, -0.1) is 0 Å². The van der Waals surface area contributed by atoms with Crippen LogP contribution in [0, 0.1) is 0 Å². The second-order valence-corrected chi connectivity index (χ2v) is 6.24. The molecule has 0 atom stereocenters. The van der Waals surface area contributed by atoms with E-state index in [2.05, 4.69) is 5.32 Å². The van der Waals surface area contributed by atoms with Crippen molar-refractivity contribution >= 4 is 11.6 Å². The molecule has 3 aromatic rings. The maximum absolute atomic E-state index is 8.73. The fraction of sp³-hybridized carbons (Fsp3) is 0.250. The monoisotopic (exact) mass is 371 g/mol. The zero-order valence-electron chi connectivity index (χ0n) is 14.4. The maximum Gasteiger partial charge on any atom is 0.0972 e. The van der Waals surface area contributed by atoms with Gasteiger partial charge in [-0.25, -0.2) is 4.68 Å². The van der Waals surface area contributed by atoms with Gasteiger partial charge in [-0.3, -0.25) is 0 Å². The minimum absolute atomic E-state index is 0.0462. The highest BCUT2D eigenvalue weighted by atomic mass is 35.5. The van der Waals surface area contributed by atoms with Crippen LogP contribution in [-0.2, 0) is 11.3 Å². The van der Waals surface area contributed by atoms with Crippen molar-refractivity contribution in [3.8, 4) is 16.9 Å². The lowest BCUT2D eigenvalue weighted by molar-refractivity contribution is 0.0938. The molecule has 1 aromatic heterocycles. The summed E-state index contributed by atoms with van der Waals surface area (Å²) in [7, 11) is 0. The van der Waals surface area contributed by atoms with Crippen LogP contribution in [0.4, 0.5) is 0 Å². The van der Waals surface area contributed by atoms with Crippen LogP contribution < -0.4 is 5.32 Å². The van der Waals surface area contributed by atoms with Crippen molar-refractivity contribution in [2.45, 2.75) is 6.54 Å². The van der Waals surface area contributed by atoms with Crippen molar-refractivity contribution in [2.24, 2.45) is 0 Å². The SMILES string of the molecule is OCCOCCNCc1cn(-c2ccccc2)nc1-c1ccc(Cl)cc1. The fourth-order valence-corrected chi connectivity index (χ4v) is 2.76. The van der Waals surface area contributed by atoms with Crippen molar-refractivity contribution in [3.05, 3.63) is 71.4 Å². The predicted molar refractivity (Wildman–Crippen MR) is 104 cm³/mol. The Bertz CT molecular complexity index is 804. The molecule has 136 valence electrons. The molecule has 2 N–H and O–H groups in total. The molecule has 0 amide bonds. The topological polar surface area (TPSA) is 59.3 Å². The molecule has 0 unspecified atom stereocenters. The van der Waals surface area contributed by atoms with Crippen molar-refractivity contribution in [1.82, 2.24) is 15.1 Å². The summed E-state index contributed by atoms with van der Waals surface area (Å²) in [5.41, 5.74) is 4.06. The molecule has 0 radical (unpaired) electrons. The number of rotatable bonds is 9. The Hall–Kier alpha value is -2.18. The Labute approximate surface area is 158 Å². The number of halogens is 1. The van der Waals surface area contributed by atoms with Crippen LogP contribution in [0.1, 0.15) is 5.56 Å². The van der Waals surface area contributed by atoms with Crippen LogP contribution in [0.3, 0.4) is 0 Å². The van der Waals surface area contributed by atoms with Crippen LogP contribution in [0.2, 0.25) is 5.02 Å². The van der Waals surface area contributed by atoms with E-state index in [9.17, 15) is 0 Å². The normalized spacial score (nSPS) is 11.0. The van der Waals surface area contributed by atoms with Crippen LogP contribution in [-0.4, -0.2) is 41.3 Å². The average Bonchev–Trinajstić information content (AvgIpc) is 3.10. The molecule has 0 aliphatic carbocycles. The van der Waals surface area contributed by atoms with Crippen molar-refractivity contribution in [3.63, 3.8) is 0 Å². The van der Waals surface area contributed by atoms with Gasteiger partial charge in [0.15, 0.2) is 0 Å². The van der Waals surface area contributed by atoms with Crippen molar-refractivity contribution < 1.29 is 9.84 Å². The van der Waals surface area contributed by atoms with Gasteiger partial charge >= 0.3 is 0 Å². The van der Waals surface area contributed by atoms with Gasteiger partial charge in [-0.2, -0.15) is 5.10 Å². The van der Waals surface area contributed by atoms with Crippen molar-refractivity contribution in [1.29, 1.82) is 0 Å². The molecule has 3 rings (SSSR count). The summed E-state index contributed by atoms with van der Waals surface area (Å²) < 4.78 is 7.17. The minimum Gasteiger partial charge on any atom is -0.394 e. The largest absolute Gasteiger partial charge is 0.394 e. The Morgan fingerprint density at radius 2 is 1.81 bits per heavy atom. The van der Waals surface area contributed by atoms with E-state index < -0.39 is 0 Å². The van der Waals surface area contributed by atoms with E-state index >= 15 is 0 Å². The number of benzene rings is 2. The molecule has 0 spiro atoms. The van der Waals surface area contributed by atoms with Gasteiger partial charge in [0.25, 0.3) is 0 Å². The van der Waals surface area contributed by atoms with Gasteiger partial charge < -0.3 is 15.2 Å². The maximum atomic E-state index is 8.73. The zero-order valence-corrected chi connectivity index (χ0v) is 15.2. The van der Waals surface area contributed by atoms with Gasteiger partial charge in [0.1, 0.15) is 0 Å². The van der Waals surface area contributed by atoms with Gasteiger partial charge in [-0.1, -0.05) is 41.9 Å². The first-order valence-electron chi connectivity index (χ1n) is 8.57. The Morgan fingerprint density at radius 3 is 2.54 bits per heavy atom. The second kappa shape index (κ2) is 9.50. The van der Waals surface area contributed by atoms with E-state index in [1.54, 1.807) is 0 Å². The number of aliphatic hydroxyl groups is 1. The fourth-order valence-electron chi connectivity index (χ4n) is 2.64. The van der Waals surface area contributed by atoms with Crippen LogP contribution in [0.5, 0.6) is 0 Å². The number of para-hydroxylation sites is 1. The van der Waals surface area contributed by atoms with Gasteiger partial charge in [-0.05, 0) is 24.3 Å². The summed E-state index contributed by atoms with van der Waals surface area (Å²) in [5.74, 6) is 0. The zero-order chi connectivity index (χ0) is 18.2. The van der Waals surface area contributed by atoms with E-state index in [-0.39, 0.29) is 6.61 Å². The first-order valence-corrected chi connectivity index (χ1v) is 8.95. The number of hydrogen-bond donors (Lipinski definition) is 2. The lowest BCUT2D eigenvalue weighted by atomic mass is 10.1. The molecule has 5 nitrogen and oxygen atoms in total. The number of aromatic nitrogens is 2. The highest BCUT2D eigenvalue weighted by molar-refractivity contribution is 6.30. The highest BCUT2D eigenvalue weighted by Crippen LogP contribution is 2.25. The lowest BCUT2D eigenvalue weighted by Crippen LogP contribution is -2.20. The van der Waals surface area contributed by atoms with E-state index in [1.807, 2.05) is 65.5 Å². The lowest BCUT2D eigenvalue weighted by Gasteiger charge is -2.06. The van der Waals surface area contributed by atoms with Gasteiger partial charge in [0, 0.05) is 35.4 Å². The van der Waals surface area contributed by atoms with Gasteiger partial charge in [0.05, 0.1) is 31.2 Å². The van der Waals surface area contributed by atoms with E-state index in [1.165, 1.54) is 0 Å². The van der Waals surface area contributed by atoms with E-state index in [4.69, 9.17) is 26.5 Å². The third kappa shape index (κ3) is 4.93. The summed E-state index contributed by atoms with van der Waals surface area (Å²) in [6.07, 6.45) is 2.04. The molecule has 0 fully saturated rings. The number of nitrogens with one attached hydrogen (secondary N) is 1. The molecular weight excluding hydrogens is 350 g/mol. The Morgan fingerprint density at radius 1 is 1.04 bits per heavy atom. The number of ether oxygens (including phenoxy) is 1. The average molecular weight is 372 g/mol. The third-order valence-corrected chi connectivity index (χ3v) is 4.15. The molecule has 6 heteroatoms. The molecule has 0 saturated carbocycles. The molecule has 0 bridgehead atoms. The Kier molecular flexibility index (Phi) is 6.80. The summed E-state index contributed by atoms with van der Waals surface area (Å²) >= 11 is 6.01. The molecule has 0 aliphatic heterocycles. The summed E-state index contributed by atoms with van der Waals surface area (Å²) in [6.45, 7) is 2.35. The number of hydrogen-bond acceptors (Lipinski definition) is 4. The van der Waals surface area contributed by atoms with Crippen LogP contribution >= 0.6 is 11.6 Å². The second-order valence-electron chi connectivity index (χ2n) is 5.80. The summed E-state index contributed by atoms with van der Waals surface area (Å²) in [6, 6.07) is 17.7. The minimum atomic E-state index is 0.0462. The molecular formula is C20H22ClN3O2. The third-order valence-electron chi connectivity index (χ3n) is 3.90. The van der Waals surface area contributed by atoms with Crippen molar-refractivity contribution in [2.75, 3.05) is 26.4 Å². The first-order chi connectivity index (χ1) is 12.8. The van der Waals surface area contributed by atoms with Gasteiger partial charge in [0.2, 0.25) is 0 Å². The Balaban J connectivity index is 1.79. The first kappa shape index (κ1) is 18.6. The summed E-state index contributed by atoms with van der Waals surface area (Å²) in [4.78, 5) is 0. The number of aliphatic hydroxyl groups excluding tert-OH is 1. The predicted octanol–water partition coefficient (Wildman–Crippen LogP) is 3.29. The van der Waals surface area contributed by atoms with E-state index in [0.717, 1.165) is 22.5 Å². The summed E-state index contributed by atoms with van der Waals surface area (Å²) in [5, 5.41) is 17.6. The molecule has 26 heavy (non-hydrogen) atoms. The van der Waals surface area contributed by atoms with Crippen LogP contribution in [0.15, 0.2) is 60.8 Å². The molecule has 0 saturated heterocycles.